The van der Waals surface area contributed by atoms with E-state index < -0.39 is 67.9 Å². The van der Waals surface area contributed by atoms with E-state index >= 15 is 0 Å². The van der Waals surface area contributed by atoms with Crippen LogP contribution in [0.15, 0.2) is 30.8 Å². The second kappa shape index (κ2) is 8.73. The zero-order valence-electron chi connectivity index (χ0n) is 15.8. The maximum Gasteiger partial charge on any atom is 0.471 e. The number of nitrogens with one attached hydrogen (secondary N) is 1. The average Bonchev–Trinajstić information content (AvgIpc) is 2.65. The van der Waals surface area contributed by atoms with Crippen molar-refractivity contribution < 1.29 is 77.7 Å². The van der Waals surface area contributed by atoms with Crippen molar-refractivity contribution in [2.45, 2.75) is 27.9 Å². The summed E-state index contributed by atoms with van der Waals surface area (Å²) in [4.78, 5) is 0. The van der Waals surface area contributed by atoms with Crippen LogP contribution < -0.4 is 8.31 Å². The van der Waals surface area contributed by atoms with Gasteiger partial charge in [0.15, 0.2) is 0 Å². The highest BCUT2D eigenvalue weighted by atomic mass is 32.3. The molecule has 0 spiro atoms. The van der Waals surface area contributed by atoms with E-state index in [0.717, 1.165) is 18.2 Å². The van der Waals surface area contributed by atoms with Crippen LogP contribution in [-0.4, -0.2) is 53.1 Å². The van der Waals surface area contributed by atoms with Gasteiger partial charge in [0, 0.05) is 0 Å². The Labute approximate surface area is 188 Å². The lowest BCUT2D eigenvalue weighted by atomic mass is 10.2. The fourth-order valence-electron chi connectivity index (χ4n) is 1.74. The largest absolute Gasteiger partial charge is 0.471 e. The molecule has 8 nitrogen and oxygen atoms in total. The Morgan fingerprint density at radius 2 is 1.09 bits per heavy atom. The first-order valence-electron chi connectivity index (χ1n) is 7.74. The molecule has 0 aliphatic rings. The second-order valence-corrected chi connectivity index (χ2v) is 11.3. The summed E-state index contributed by atoms with van der Waals surface area (Å²) in [5.74, 6) is -8.95. The molecule has 22 heteroatoms. The van der Waals surface area contributed by atoms with E-state index in [1.165, 1.54) is 0 Å². The third-order valence-electron chi connectivity index (χ3n) is 3.59. The van der Waals surface area contributed by atoms with Gasteiger partial charge in [-0.1, -0.05) is 28.9 Å². The lowest BCUT2D eigenvalue weighted by Gasteiger charge is -2.31. The Morgan fingerprint density at radius 3 is 1.46 bits per heavy atom. The van der Waals surface area contributed by atoms with Gasteiger partial charge in [-0.2, -0.15) is 56.7 Å². The van der Waals surface area contributed by atoms with Crippen molar-refractivity contribution in [3.05, 3.63) is 36.4 Å². The van der Waals surface area contributed by atoms with Gasteiger partial charge in [-0.25, -0.2) is 16.8 Å². The Morgan fingerprint density at radius 1 is 0.686 bits per heavy atom. The van der Waals surface area contributed by atoms with Crippen molar-refractivity contribution in [2.24, 2.45) is 0 Å². The Kier molecular flexibility index (Phi) is 7.69. The molecule has 202 valence electrons. The molecule has 0 aliphatic heterocycles. The molecule has 0 aliphatic carbocycles. The molecule has 1 rings (SSSR count). The lowest BCUT2D eigenvalue weighted by Crippen LogP contribution is -2.64. The molecule has 0 aromatic heterocycles. The predicted octanol–water partition coefficient (Wildman–Crippen LogP) is 3.26. The van der Waals surface area contributed by atoms with Gasteiger partial charge in [-0.15, -0.1) is 0 Å². The Hall–Kier alpha value is -2.20. The molecule has 0 amide bonds. The summed E-state index contributed by atoms with van der Waals surface area (Å²) in [6.45, 7) is 3.23. The topological polar surface area (TPSA) is 124 Å². The quantitative estimate of drug-likeness (QED) is 0.326. The first-order chi connectivity index (χ1) is 15.2. The zero-order chi connectivity index (χ0) is 28.1. The number of hydrogen-bond donors (Lipinski definition) is 1. The van der Waals surface area contributed by atoms with Gasteiger partial charge in [-0.05, 0) is 17.7 Å². The van der Waals surface area contributed by atoms with E-state index in [-0.39, 0.29) is 5.56 Å². The third kappa shape index (κ3) is 5.05. The van der Waals surface area contributed by atoms with Crippen molar-refractivity contribution in [3.63, 3.8) is 0 Å². The van der Waals surface area contributed by atoms with Crippen molar-refractivity contribution in [1.82, 2.24) is 4.13 Å². The van der Waals surface area contributed by atoms with Gasteiger partial charge in [-0.3, -0.25) is 0 Å². The maximum absolute atomic E-state index is 14.0. The first kappa shape index (κ1) is 30.8. The van der Waals surface area contributed by atoms with Crippen LogP contribution in [0.2, 0.25) is 0 Å². The monoisotopic (exact) mass is 595 g/mol. The number of halogens is 11. The molecule has 0 saturated carbocycles. The summed E-state index contributed by atoms with van der Waals surface area (Å²) in [5.41, 5.74) is 0.174. The minimum atomic E-state index is -8.16. The number of rotatable bonds is 10. The van der Waals surface area contributed by atoms with Crippen molar-refractivity contribution in [3.8, 4) is 5.75 Å². The molecule has 0 heterocycles. The second-order valence-electron chi connectivity index (χ2n) is 6.02. The molecule has 1 aromatic carbocycles. The summed E-state index contributed by atoms with van der Waals surface area (Å²) in [6, 6.07) is 2.82. The van der Waals surface area contributed by atoms with Gasteiger partial charge >= 0.3 is 38.0 Å². The molecule has 35 heavy (non-hydrogen) atoms. The Bertz CT molecular complexity index is 1290. The molecule has 0 unspecified atom stereocenters. The number of sulfonamides is 2. The van der Waals surface area contributed by atoms with Crippen LogP contribution >= 0.6 is 0 Å². The van der Waals surface area contributed by atoms with Crippen LogP contribution in [0.25, 0.3) is 6.08 Å². The number of benzene rings is 1. The average molecular weight is 595 g/mol. The molecule has 0 bridgehead atoms. The molecule has 0 radical (unpaired) electrons. The van der Waals surface area contributed by atoms with E-state index in [9.17, 15) is 73.5 Å². The van der Waals surface area contributed by atoms with Crippen molar-refractivity contribution in [1.29, 1.82) is 0 Å². The van der Waals surface area contributed by atoms with Crippen molar-refractivity contribution >= 4 is 36.2 Å². The van der Waals surface area contributed by atoms with Crippen molar-refractivity contribution in [2.75, 3.05) is 0 Å². The van der Waals surface area contributed by atoms with Gasteiger partial charge in [0.05, 0.1) is 0 Å². The highest BCUT2D eigenvalue weighted by molar-refractivity contribution is 8.05. The van der Waals surface area contributed by atoms with Crippen LogP contribution in [0.4, 0.5) is 48.3 Å². The summed E-state index contributed by atoms with van der Waals surface area (Å²) >= 11 is 0. The zero-order valence-corrected chi connectivity index (χ0v) is 18.3. The summed E-state index contributed by atoms with van der Waals surface area (Å²) in [5, 5.41) is -22.1. The molecule has 1 aromatic rings. The standard InChI is InChI=1S/C13H8F11NO7S3/c1-2-7-3-5-8(6-4-7)32-35(30,31)12(21,22)9(14,15)11(19,20)33(26,27)25-34(28,29)13(23,24)10(16,17)18/h2-6,25H,1H2. The van der Waals surface area contributed by atoms with E-state index in [4.69, 9.17) is 0 Å². The minimum Gasteiger partial charge on any atom is -0.378 e. The number of alkyl halides is 11. The maximum atomic E-state index is 14.0. The molecular formula is C13H8F11NO7S3. The molecule has 0 saturated heterocycles. The fourth-order valence-corrected chi connectivity index (χ4v) is 5.47. The predicted molar refractivity (Wildman–Crippen MR) is 92.9 cm³/mol. The van der Waals surface area contributed by atoms with Crippen LogP contribution in [0, 0.1) is 0 Å². The smallest absolute Gasteiger partial charge is 0.378 e. The summed E-state index contributed by atoms with van der Waals surface area (Å²) in [7, 11) is -23.3. The fraction of sp³-hybridized carbons (Fsp3) is 0.385. The van der Waals surface area contributed by atoms with E-state index in [1.807, 2.05) is 0 Å². The van der Waals surface area contributed by atoms with E-state index in [2.05, 4.69) is 10.8 Å². The van der Waals surface area contributed by atoms with Crippen LogP contribution in [-0.2, 0) is 30.2 Å². The highest BCUT2D eigenvalue weighted by Crippen LogP contribution is 2.51. The van der Waals surface area contributed by atoms with E-state index in [1.54, 1.807) is 0 Å². The minimum absolute atomic E-state index is 0.174. The summed E-state index contributed by atoms with van der Waals surface area (Å²) < 4.78 is 216. The normalized spacial score (nSPS) is 15.1. The van der Waals surface area contributed by atoms with Crippen LogP contribution in [0.3, 0.4) is 0 Å². The lowest BCUT2D eigenvalue weighted by molar-refractivity contribution is -0.246. The van der Waals surface area contributed by atoms with Gasteiger partial charge < -0.3 is 4.18 Å². The van der Waals surface area contributed by atoms with Gasteiger partial charge in [0.1, 0.15) is 5.75 Å². The third-order valence-corrected chi connectivity index (χ3v) is 8.48. The molecular weight excluding hydrogens is 587 g/mol. The molecule has 1 N–H and O–H groups in total. The van der Waals surface area contributed by atoms with Crippen LogP contribution in [0.1, 0.15) is 5.56 Å². The Balaban J connectivity index is 3.51. The number of hydrogen-bond acceptors (Lipinski definition) is 7. The van der Waals surface area contributed by atoms with Crippen LogP contribution in [0.5, 0.6) is 5.75 Å². The van der Waals surface area contributed by atoms with Gasteiger partial charge in [0.2, 0.25) is 0 Å². The molecule has 0 atom stereocenters. The van der Waals surface area contributed by atoms with Gasteiger partial charge in [0.25, 0.3) is 20.0 Å². The van der Waals surface area contributed by atoms with E-state index in [0.29, 0.717) is 12.1 Å². The first-order valence-corrected chi connectivity index (χ1v) is 12.1. The molecule has 0 fully saturated rings. The summed E-state index contributed by atoms with van der Waals surface area (Å²) in [6.07, 6.45) is -6.09. The SMILES string of the molecule is C=Cc1ccc(OS(=O)(=O)C(F)(F)C(F)(F)C(F)(F)S(=O)(=O)NS(=O)(=O)C(F)(F)C(F)(F)F)cc1. The highest BCUT2D eigenvalue weighted by Gasteiger charge is 2.84.